The van der Waals surface area contributed by atoms with Gasteiger partial charge in [0.15, 0.2) is 9.84 Å². The van der Waals surface area contributed by atoms with E-state index in [1.165, 1.54) is 18.2 Å². The Hall–Kier alpha value is -0.940. The lowest BCUT2D eigenvalue weighted by atomic mass is 9.97. The van der Waals surface area contributed by atoms with Gasteiger partial charge >= 0.3 is 0 Å². The number of halogens is 1. The Balaban J connectivity index is 2.21. The van der Waals surface area contributed by atoms with Gasteiger partial charge in [0.1, 0.15) is 5.82 Å². The van der Waals surface area contributed by atoms with Crippen LogP contribution in [0, 0.1) is 11.7 Å². The van der Waals surface area contributed by atoms with Crippen LogP contribution in [-0.2, 0) is 9.84 Å². The molecule has 1 N–H and O–H groups in total. The van der Waals surface area contributed by atoms with Gasteiger partial charge in [0.05, 0.1) is 10.6 Å². The fourth-order valence-electron chi connectivity index (χ4n) is 2.97. The summed E-state index contributed by atoms with van der Waals surface area (Å²) in [6.07, 6.45) is 2.66. The van der Waals surface area contributed by atoms with Crippen LogP contribution in [0.25, 0.3) is 0 Å². The zero-order valence-corrected chi connectivity index (χ0v) is 13.7. The number of hydrogen-bond donors (Lipinski definition) is 1. The van der Waals surface area contributed by atoms with Crippen molar-refractivity contribution in [1.82, 2.24) is 5.32 Å². The molecule has 0 bridgehead atoms. The third-order valence-electron chi connectivity index (χ3n) is 4.30. The van der Waals surface area contributed by atoms with Crippen molar-refractivity contribution in [3.8, 4) is 0 Å². The van der Waals surface area contributed by atoms with Gasteiger partial charge in [-0.15, -0.1) is 0 Å². The van der Waals surface area contributed by atoms with Gasteiger partial charge in [-0.2, -0.15) is 0 Å². The van der Waals surface area contributed by atoms with Crippen LogP contribution < -0.4 is 5.32 Å². The van der Waals surface area contributed by atoms with E-state index in [1.807, 2.05) is 0 Å². The van der Waals surface area contributed by atoms with Gasteiger partial charge in [0.2, 0.25) is 0 Å². The van der Waals surface area contributed by atoms with E-state index >= 15 is 0 Å². The van der Waals surface area contributed by atoms with Crippen molar-refractivity contribution in [2.75, 3.05) is 5.75 Å². The van der Waals surface area contributed by atoms with Crippen LogP contribution in [0.2, 0.25) is 0 Å². The normalized spacial score (nSPS) is 23.3. The molecule has 3 nitrogen and oxygen atoms in total. The second-order valence-corrected chi connectivity index (χ2v) is 8.24. The molecule has 1 aliphatic heterocycles. The predicted octanol–water partition coefficient (Wildman–Crippen LogP) is 3.46. The summed E-state index contributed by atoms with van der Waals surface area (Å²) >= 11 is 0. The molecule has 21 heavy (non-hydrogen) atoms. The third-order valence-corrected chi connectivity index (χ3v) is 6.11. The highest BCUT2D eigenvalue weighted by Crippen LogP contribution is 2.33. The molecular weight excluding hydrogens is 289 g/mol. The average molecular weight is 313 g/mol. The fourth-order valence-corrected chi connectivity index (χ4v) is 4.57. The number of fused-ring (bicyclic) bond motifs is 1. The molecule has 0 aromatic heterocycles. The second-order valence-electron chi connectivity index (χ2n) is 6.16. The maximum absolute atomic E-state index is 13.5. The zero-order valence-electron chi connectivity index (χ0n) is 12.9. The van der Waals surface area contributed by atoms with Crippen molar-refractivity contribution in [1.29, 1.82) is 0 Å². The lowest BCUT2D eigenvalue weighted by molar-refractivity contribution is 0.365. The maximum atomic E-state index is 13.5. The third kappa shape index (κ3) is 3.83. The summed E-state index contributed by atoms with van der Waals surface area (Å²) in [6, 6.07) is 4.17. The van der Waals surface area contributed by atoms with Gasteiger partial charge in [-0.3, -0.25) is 0 Å². The van der Waals surface area contributed by atoms with Crippen LogP contribution in [0.4, 0.5) is 4.39 Å². The minimum Gasteiger partial charge on any atom is -0.307 e. The van der Waals surface area contributed by atoms with Crippen LogP contribution in [-0.4, -0.2) is 20.2 Å². The van der Waals surface area contributed by atoms with Crippen molar-refractivity contribution < 1.29 is 12.8 Å². The van der Waals surface area contributed by atoms with Crippen molar-refractivity contribution >= 4 is 9.84 Å². The summed E-state index contributed by atoms with van der Waals surface area (Å²) in [5.74, 6) is 0.360. The quantitative estimate of drug-likeness (QED) is 0.847. The minimum absolute atomic E-state index is 0.0849. The summed E-state index contributed by atoms with van der Waals surface area (Å²) in [6.45, 7) is 6.47. The predicted molar refractivity (Wildman–Crippen MR) is 82.5 cm³/mol. The summed E-state index contributed by atoms with van der Waals surface area (Å²) in [5.41, 5.74) is 0.581. The van der Waals surface area contributed by atoms with Gasteiger partial charge < -0.3 is 5.32 Å². The number of sulfone groups is 1. The molecule has 1 aromatic carbocycles. The molecule has 2 rings (SSSR count). The van der Waals surface area contributed by atoms with Crippen LogP contribution in [0.1, 0.15) is 51.6 Å². The molecule has 0 spiro atoms. The first-order valence-electron chi connectivity index (χ1n) is 7.61. The molecular formula is C16H24FNO2S. The molecule has 0 radical (unpaired) electrons. The first-order valence-corrected chi connectivity index (χ1v) is 9.27. The molecule has 0 aliphatic carbocycles. The molecule has 118 valence electrons. The smallest absolute Gasteiger partial charge is 0.178 e. The zero-order chi connectivity index (χ0) is 15.6. The van der Waals surface area contributed by atoms with Gasteiger partial charge in [-0.25, -0.2) is 12.8 Å². The molecule has 0 saturated heterocycles. The largest absolute Gasteiger partial charge is 0.307 e. The van der Waals surface area contributed by atoms with Crippen molar-refractivity contribution in [2.24, 2.45) is 5.92 Å². The van der Waals surface area contributed by atoms with E-state index in [9.17, 15) is 12.8 Å². The lowest BCUT2D eigenvalue weighted by Crippen LogP contribution is -2.36. The van der Waals surface area contributed by atoms with E-state index in [0.29, 0.717) is 17.9 Å². The minimum atomic E-state index is -3.26. The van der Waals surface area contributed by atoms with E-state index in [2.05, 4.69) is 26.1 Å². The fraction of sp³-hybridized carbons (Fsp3) is 0.625. The monoisotopic (exact) mass is 313 g/mol. The molecule has 1 heterocycles. The molecule has 3 unspecified atom stereocenters. The highest BCUT2D eigenvalue weighted by molar-refractivity contribution is 7.91. The first kappa shape index (κ1) is 16.4. The van der Waals surface area contributed by atoms with Crippen LogP contribution in [0.5, 0.6) is 0 Å². The molecule has 3 atom stereocenters. The van der Waals surface area contributed by atoms with E-state index < -0.39 is 9.84 Å². The number of benzene rings is 1. The van der Waals surface area contributed by atoms with Crippen LogP contribution in [0.3, 0.4) is 0 Å². The van der Waals surface area contributed by atoms with Gasteiger partial charge in [0, 0.05) is 12.1 Å². The van der Waals surface area contributed by atoms with Gasteiger partial charge in [-0.1, -0.05) is 20.3 Å². The van der Waals surface area contributed by atoms with Crippen LogP contribution in [0.15, 0.2) is 23.1 Å². The molecule has 1 aromatic rings. The highest BCUT2D eigenvalue weighted by Gasteiger charge is 2.31. The SMILES string of the molecule is CCC(C)CC(C)NC1CCS(=O)(=O)c2ccc(F)cc21. The Labute approximate surface area is 126 Å². The van der Waals surface area contributed by atoms with Crippen molar-refractivity contribution in [3.05, 3.63) is 29.6 Å². The van der Waals surface area contributed by atoms with E-state index in [-0.39, 0.29) is 28.5 Å². The van der Waals surface area contributed by atoms with Crippen molar-refractivity contribution in [2.45, 2.75) is 57.0 Å². The van der Waals surface area contributed by atoms with Crippen LogP contribution >= 0.6 is 0 Å². The van der Waals surface area contributed by atoms with E-state index in [0.717, 1.165) is 12.8 Å². The molecule has 0 saturated carbocycles. The first-order chi connectivity index (χ1) is 9.83. The summed E-state index contributed by atoms with van der Waals surface area (Å²) < 4.78 is 37.7. The Bertz CT molecular complexity index is 600. The number of nitrogens with one attached hydrogen (secondary N) is 1. The summed E-state index contributed by atoms with van der Waals surface area (Å²) in [4.78, 5) is 0.281. The summed E-state index contributed by atoms with van der Waals surface area (Å²) in [7, 11) is -3.26. The summed E-state index contributed by atoms with van der Waals surface area (Å²) in [5, 5.41) is 3.47. The number of rotatable bonds is 5. The lowest BCUT2D eigenvalue weighted by Gasteiger charge is -2.30. The Kier molecular flexibility index (Phi) is 5.04. The highest BCUT2D eigenvalue weighted by atomic mass is 32.2. The maximum Gasteiger partial charge on any atom is 0.178 e. The average Bonchev–Trinajstić information content (AvgIpc) is 2.41. The van der Waals surface area contributed by atoms with E-state index in [4.69, 9.17) is 0 Å². The van der Waals surface area contributed by atoms with Crippen molar-refractivity contribution in [3.63, 3.8) is 0 Å². The topological polar surface area (TPSA) is 46.2 Å². The van der Waals surface area contributed by atoms with Gasteiger partial charge in [0.25, 0.3) is 0 Å². The Morgan fingerprint density at radius 1 is 1.38 bits per heavy atom. The molecule has 5 heteroatoms. The van der Waals surface area contributed by atoms with Gasteiger partial charge in [-0.05, 0) is 49.4 Å². The second kappa shape index (κ2) is 6.44. The molecule has 0 amide bonds. The number of hydrogen-bond acceptors (Lipinski definition) is 3. The van der Waals surface area contributed by atoms with E-state index in [1.54, 1.807) is 0 Å². The Morgan fingerprint density at radius 3 is 2.76 bits per heavy atom. The molecule has 0 fully saturated rings. The molecule has 1 aliphatic rings. The Morgan fingerprint density at radius 2 is 2.10 bits per heavy atom. The standard InChI is InChI=1S/C16H24FNO2S/c1-4-11(2)9-12(3)18-15-7-8-21(19,20)16-6-5-13(17)10-14(15)16/h5-6,10-12,15,18H,4,7-9H2,1-3H3.